The van der Waals surface area contributed by atoms with Crippen molar-refractivity contribution in [3.8, 4) is 16.9 Å². The third-order valence-electron chi connectivity index (χ3n) is 8.86. The first-order valence-electron chi connectivity index (χ1n) is 13.8. The lowest BCUT2D eigenvalue weighted by Gasteiger charge is -2.36. The maximum absolute atomic E-state index is 13.1. The van der Waals surface area contributed by atoms with Crippen LogP contribution in [0.5, 0.6) is 5.75 Å². The summed E-state index contributed by atoms with van der Waals surface area (Å²) < 4.78 is 38.0. The van der Waals surface area contributed by atoms with E-state index in [0.29, 0.717) is 29.3 Å². The van der Waals surface area contributed by atoms with Crippen molar-refractivity contribution in [1.82, 2.24) is 19.4 Å². The van der Waals surface area contributed by atoms with Crippen LogP contribution in [0.4, 0.5) is 14.7 Å². The van der Waals surface area contributed by atoms with Crippen LogP contribution in [0.3, 0.4) is 0 Å². The molecule has 1 N–H and O–H groups in total. The summed E-state index contributed by atoms with van der Waals surface area (Å²) in [5.41, 5.74) is 4.18. The lowest BCUT2D eigenvalue weighted by molar-refractivity contribution is -0.148. The van der Waals surface area contributed by atoms with Crippen LogP contribution < -0.4 is 9.64 Å². The number of methoxy groups -OCH3 is 1. The summed E-state index contributed by atoms with van der Waals surface area (Å²) in [4.78, 5) is 28.4. The number of pyridine rings is 1. The molecule has 1 saturated carbocycles. The van der Waals surface area contributed by atoms with Gasteiger partial charge in [0.25, 0.3) is 0 Å². The van der Waals surface area contributed by atoms with E-state index in [0.717, 1.165) is 42.8 Å². The van der Waals surface area contributed by atoms with Gasteiger partial charge in [0.1, 0.15) is 11.4 Å². The number of rotatable bonds is 6. The van der Waals surface area contributed by atoms with E-state index in [4.69, 9.17) is 9.47 Å². The van der Waals surface area contributed by atoms with Crippen molar-refractivity contribution < 1.29 is 28.2 Å². The van der Waals surface area contributed by atoms with E-state index in [1.165, 1.54) is 13.2 Å². The van der Waals surface area contributed by atoms with Crippen molar-refractivity contribution in [3.63, 3.8) is 0 Å². The Morgan fingerprint density at radius 1 is 1.05 bits per heavy atom. The van der Waals surface area contributed by atoms with Gasteiger partial charge in [0, 0.05) is 54.3 Å². The van der Waals surface area contributed by atoms with Crippen LogP contribution in [0.1, 0.15) is 48.2 Å². The molecule has 0 radical (unpaired) electrons. The number of anilines is 1. The van der Waals surface area contributed by atoms with Gasteiger partial charge in [-0.3, -0.25) is 4.79 Å². The number of para-hydroxylation sites is 1. The molecule has 7 rings (SSSR count). The molecule has 9 nitrogen and oxygen atoms in total. The predicted octanol–water partition coefficient (Wildman–Crippen LogP) is 4.60. The Morgan fingerprint density at radius 3 is 2.49 bits per heavy atom. The van der Waals surface area contributed by atoms with Gasteiger partial charge in [0.2, 0.25) is 5.95 Å². The minimum atomic E-state index is -2.95. The van der Waals surface area contributed by atoms with Crippen molar-refractivity contribution in [1.29, 1.82) is 0 Å². The van der Waals surface area contributed by atoms with E-state index >= 15 is 0 Å². The van der Waals surface area contributed by atoms with E-state index in [1.807, 2.05) is 22.7 Å². The maximum Gasteiger partial charge on any atom is 0.387 e. The van der Waals surface area contributed by atoms with Crippen LogP contribution in [0, 0.1) is 17.8 Å². The number of benzene rings is 1. The first-order valence-corrected chi connectivity index (χ1v) is 13.8. The quantitative estimate of drug-likeness (QED) is 0.341. The Labute approximate surface area is 234 Å². The number of hydrogen-bond donors (Lipinski definition) is 1. The highest BCUT2D eigenvalue weighted by atomic mass is 19.3. The third-order valence-corrected chi connectivity index (χ3v) is 8.86. The molecule has 212 valence electrons. The summed E-state index contributed by atoms with van der Waals surface area (Å²) in [6, 6.07) is 10.5. The van der Waals surface area contributed by atoms with Crippen LogP contribution >= 0.6 is 0 Å². The number of alkyl halides is 2. The smallest absolute Gasteiger partial charge is 0.387 e. The number of carbonyl (C=O) groups excluding carboxylic acids is 1. The van der Waals surface area contributed by atoms with Crippen molar-refractivity contribution in [2.24, 2.45) is 17.8 Å². The minimum absolute atomic E-state index is 0.0459. The van der Waals surface area contributed by atoms with Crippen molar-refractivity contribution >= 4 is 17.6 Å². The highest BCUT2D eigenvalue weighted by Gasteiger charge is 2.47. The number of imidazole rings is 1. The molecule has 1 saturated heterocycles. The normalized spacial score (nSPS) is 25.1. The zero-order chi connectivity index (χ0) is 28.2. The molecule has 0 unspecified atom stereocenters. The molecule has 2 aliphatic carbocycles. The van der Waals surface area contributed by atoms with Gasteiger partial charge in [-0.2, -0.15) is 8.78 Å². The van der Waals surface area contributed by atoms with Crippen molar-refractivity contribution in [2.75, 3.05) is 25.1 Å². The Morgan fingerprint density at radius 2 is 1.78 bits per heavy atom. The van der Waals surface area contributed by atoms with Crippen LogP contribution in [-0.4, -0.2) is 57.2 Å². The molecule has 4 heterocycles. The number of hydrogen-bond acceptors (Lipinski definition) is 8. The van der Waals surface area contributed by atoms with Crippen LogP contribution in [0.25, 0.3) is 16.8 Å². The third kappa shape index (κ3) is 4.39. The minimum Gasteiger partial charge on any atom is -0.469 e. The molecule has 3 aromatic heterocycles. The number of aromatic nitrogens is 4. The van der Waals surface area contributed by atoms with E-state index in [1.54, 1.807) is 30.6 Å². The topological polar surface area (TPSA) is 102 Å². The second-order valence-corrected chi connectivity index (χ2v) is 11.1. The maximum atomic E-state index is 13.1. The summed E-state index contributed by atoms with van der Waals surface area (Å²) >= 11 is 0. The fourth-order valence-corrected chi connectivity index (χ4v) is 7.08. The van der Waals surface area contributed by atoms with E-state index in [-0.39, 0.29) is 35.4 Å². The molecule has 0 spiro atoms. The molecular formula is C30H29F2N5O4. The number of piperidine rings is 1. The number of halogens is 2. The number of ether oxygens (including phenoxy) is 2. The largest absolute Gasteiger partial charge is 0.469 e. The molecule has 3 aliphatic rings. The second kappa shape index (κ2) is 10.1. The van der Waals surface area contributed by atoms with Crippen molar-refractivity contribution in [3.05, 3.63) is 71.9 Å². The molecule has 5 atom stereocenters. The number of esters is 1. The van der Waals surface area contributed by atoms with Crippen LogP contribution in [-0.2, 0) is 9.53 Å². The zero-order valence-corrected chi connectivity index (χ0v) is 22.4. The number of aliphatic hydroxyl groups excluding tert-OH is 1. The molecule has 1 aromatic carbocycles. The summed E-state index contributed by atoms with van der Waals surface area (Å²) in [6.07, 6.45) is 6.99. The van der Waals surface area contributed by atoms with E-state index in [2.05, 4.69) is 19.9 Å². The lowest BCUT2D eigenvalue weighted by Crippen LogP contribution is -2.45. The van der Waals surface area contributed by atoms with Crippen LogP contribution in [0.15, 0.2) is 55.0 Å². The van der Waals surface area contributed by atoms with Gasteiger partial charge >= 0.3 is 12.6 Å². The summed E-state index contributed by atoms with van der Waals surface area (Å²) in [6.45, 7) is -1.50. The average Bonchev–Trinajstić information content (AvgIpc) is 3.60. The van der Waals surface area contributed by atoms with Gasteiger partial charge in [-0.25, -0.2) is 15.0 Å². The highest BCUT2D eigenvalue weighted by molar-refractivity contribution is 5.74. The lowest BCUT2D eigenvalue weighted by atomic mass is 9.85. The molecule has 2 bridgehead atoms. The standard InChI is InChI=1S/C30H29F2N5O4/c1-40-28(39)25-17-6-7-18(25)14-36(13-17)30-33-11-19(12-34-30)16-8-9-24-35-26-22(38)10-21(27(26)37(24)15-16)20-4-2-3-5-23(20)41-29(31)32/h2-5,8-9,11-12,15,17-18,21-22,25,29,38H,6-7,10,13-14H2,1H3/t17-,18+,21-,22-,25-/m1/s1. The first-order chi connectivity index (χ1) is 19.9. The number of fused-ring (bicyclic) bond motifs is 5. The van der Waals surface area contributed by atoms with Gasteiger partial charge in [-0.1, -0.05) is 18.2 Å². The molecule has 2 fully saturated rings. The van der Waals surface area contributed by atoms with E-state index in [9.17, 15) is 18.7 Å². The van der Waals surface area contributed by atoms with Gasteiger partial charge in [0.05, 0.1) is 30.5 Å². The summed E-state index contributed by atoms with van der Waals surface area (Å²) in [5, 5.41) is 10.8. The molecule has 4 aromatic rings. The van der Waals surface area contributed by atoms with Gasteiger partial charge in [0.15, 0.2) is 0 Å². The van der Waals surface area contributed by atoms with Crippen LogP contribution in [0.2, 0.25) is 0 Å². The van der Waals surface area contributed by atoms with Gasteiger partial charge in [-0.05, 0) is 49.3 Å². The summed E-state index contributed by atoms with van der Waals surface area (Å²) in [7, 11) is 1.45. The fraction of sp³-hybridized carbons (Fsp3) is 0.400. The molecule has 41 heavy (non-hydrogen) atoms. The number of aliphatic hydroxyl groups is 1. The average molecular weight is 562 g/mol. The molecular weight excluding hydrogens is 532 g/mol. The van der Waals surface area contributed by atoms with Gasteiger partial charge < -0.3 is 23.9 Å². The first kappa shape index (κ1) is 25.8. The predicted molar refractivity (Wildman–Crippen MR) is 145 cm³/mol. The monoisotopic (exact) mass is 561 g/mol. The molecule has 1 aliphatic heterocycles. The Hall–Kier alpha value is -4.12. The number of nitrogens with zero attached hydrogens (tertiary/aromatic N) is 5. The Kier molecular flexibility index (Phi) is 6.33. The van der Waals surface area contributed by atoms with Gasteiger partial charge in [-0.15, -0.1) is 0 Å². The fourth-order valence-electron chi connectivity index (χ4n) is 7.08. The molecule has 11 heteroatoms. The number of carbonyl (C=O) groups is 1. The summed E-state index contributed by atoms with van der Waals surface area (Å²) in [5.74, 6) is 0.681. The second-order valence-electron chi connectivity index (χ2n) is 11.1. The highest BCUT2D eigenvalue weighted by Crippen LogP contribution is 2.47. The van der Waals surface area contributed by atoms with Crippen molar-refractivity contribution in [2.45, 2.75) is 37.9 Å². The van der Waals surface area contributed by atoms with E-state index < -0.39 is 12.7 Å². The molecule has 0 amide bonds. The Bertz CT molecular complexity index is 1600. The SMILES string of the molecule is COC(=O)[C@@H]1[C@@H]2CC[C@H]1CN(c1ncc(-c3ccc4nc5c(n4c3)[C@@H](c3ccccc3OC(F)F)C[C@H]5O)cn1)C2. The zero-order valence-electron chi connectivity index (χ0n) is 22.4. The Balaban J connectivity index is 1.18.